The van der Waals surface area contributed by atoms with Crippen LogP contribution in [-0.4, -0.2) is 72.0 Å². The third kappa shape index (κ3) is 5.98. The van der Waals surface area contributed by atoms with Gasteiger partial charge in [-0.15, -0.1) is 6.42 Å². The van der Waals surface area contributed by atoms with Gasteiger partial charge in [-0.05, 0) is 24.3 Å². The average molecular weight is 477 g/mol. The highest BCUT2D eigenvalue weighted by molar-refractivity contribution is 5.93. The highest BCUT2D eigenvalue weighted by Gasteiger charge is 2.25. The number of carbonyl (C=O) groups excluding carboxylic acids is 1. The molecule has 1 fully saturated rings. The van der Waals surface area contributed by atoms with E-state index in [2.05, 4.69) is 21.2 Å². The van der Waals surface area contributed by atoms with Gasteiger partial charge >= 0.3 is 0 Å². The number of terminal acetylenes is 1. The van der Waals surface area contributed by atoms with Crippen LogP contribution in [0.4, 0.5) is 11.5 Å². The van der Waals surface area contributed by atoms with Crippen molar-refractivity contribution in [2.75, 3.05) is 45.3 Å². The summed E-state index contributed by atoms with van der Waals surface area (Å²) in [5.41, 5.74) is 2.26. The van der Waals surface area contributed by atoms with Gasteiger partial charge in [-0.3, -0.25) is 4.79 Å². The SMILES string of the molecule is C#Cc1cccc(Nc2ncnc3cc(OCCOC)c(OC4CCN(C(=O)CO)CC4)cc23)c1. The molecule has 2 heterocycles. The van der Waals surface area contributed by atoms with Crippen LogP contribution >= 0.6 is 0 Å². The zero-order valence-corrected chi connectivity index (χ0v) is 19.6. The fourth-order valence-corrected chi connectivity index (χ4v) is 3.93. The van der Waals surface area contributed by atoms with Crippen molar-refractivity contribution in [2.45, 2.75) is 18.9 Å². The highest BCUT2D eigenvalue weighted by atomic mass is 16.5. The number of aliphatic hydroxyl groups is 1. The predicted molar refractivity (Wildman–Crippen MR) is 132 cm³/mol. The highest BCUT2D eigenvalue weighted by Crippen LogP contribution is 2.36. The molecule has 0 unspecified atom stereocenters. The summed E-state index contributed by atoms with van der Waals surface area (Å²) in [5.74, 6) is 4.10. The summed E-state index contributed by atoms with van der Waals surface area (Å²) in [6, 6.07) is 11.2. The number of ether oxygens (including phenoxy) is 3. The fourth-order valence-electron chi connectivity index (χ4n) is 3.93. The number of anilines is 2. The molecular formula is C26H28N4O5. The Labute approximate surface area is 204 Å². The van der Waals surface area contributed by atoms with E-state index in [9.17, 15) is 4.79 Å². The molecule has 4 rings (SSSR count). The number of likely N-dealkylation sites (tertiary alicyclic amines) is 1. The van der Waals surface area contributed by atoms with E-state index in [1.807, 2.05) is 36.4 Å². The van der Waals surface area contributed by atoms with E-state index in [0.717, 1.165) is 16.6 Å². The number of fused-ring (bicyclic) bond motifs is 1. The Balaban J connectivity index is 1.62. The van der Waals surface area contributed by atoms with Crippen LogP contribution in [0.25, 0.3) is 10.9 Å². The molecule has 1 aliphatic rings. The summed E-state index contributed by atoms with van der Waals surface area (Å²) >= 11 is 0. The van der Waals surface area contributed by atoms with Crippen LogP contribution < -0.4 is 14.8 Å². The standard InChI is InChI=1S/C26H28N4O5/c1-3-18-5-4-6-19(13-18)29-26-21-14-24(35-20-7-9-30(10-8-20)25(32)16-31)23(34-12-11-33-2)15-22(21)27-17-28-26/h1,4-6,13-15,17,20,31H,7-12,16H2,2H3,(H,27,28,29). The lowest BCUT2D eigenvalue weighted by Gasteiger charge is -2.32. The number of methoxy groups -OCH3 is 1. The van der Waals surface area contributed by atoms with Gasteiger partial charge in [0.15, 0.2) is 11.5 Å². The van der Waals surface area contributed by atoms with E-state index >= 15 is 0 Å². The number of nitrogens with one attached hydrogen (secondary N) is 1. The molecule has 0 spiro atoms. The Hall–Kier alpha value is -3.87. The number of carbonyl (C=O) groups is 1. The maximum atomic E-state index is 11.8. The number of aromatic nitrogens is 2. The van der Waals surface area contributed by atoms with Gasteiger partial charge in [-0.25, -0.2) is 9.97 Å². The maximum absolute atomic E-state index is 11.8. The van der Waals surface area contributed by atoms with Gasteiger partial charge in [0.2, 0.25) is 5.91 Å². The van der Waals surface area contributed by atoms with Gasteiger partial charge in [-0.2, -0.15) is 0 Å². The van der Waals surface area contributed by atoms with Crippen molar-refractivity contribution in [1.29, 1.82) is 0 Å². The molecule has 9 heteroatoms. The van der Waals surface area contributed by atoms with Crippen LogP contribution in [0.15, 0.2) is 42.7 Å². The van der Waals surface area contributed by atoms with Gasteiger partial charge < -0.3 is 29.5 Å². The first-order valence-corrected chi connectivity index (χ1v) is 11.4. The molecule has 1 saturated heterocycles. The Morgan fingerprint density at radius 1 is 1.20 bits per heavy atom. The number of amides is 1. The molecule has 9 nitrogen and oxygen atoms in total. The fraction of sp³-hybridized carbons (Fsp3) is 0.346. The summed E-state index contributed by atoms with van der Waals surface area (Å²) < 4.78 is 17.4. The molecule has 0 radical (unpaired) electrons. The monoisotopic (exact) mass is 476 g/mol. The number of rotatable bonds is 9. The minimum atomic E-state index is -0.478. The first-order chi connectivity index (χ1) is 17.1. The van der Waals surface area contributed by atoms with Crippen LogP contribution in [0.5, 0.6) is 11.5 Å². The van der Waals surface area contributed by atoms with Crippen LogP contribution in [-0.2, 0) is 9.53 Å². The lowest BCUT2D eigenvalue weighted by atomic mass is 10.1. The number of nitrogens with zero attached hydrogens (tertiary/aromatic N) is 3. The molecular weight excluding hydrogens is 448 g/mol. The summed E-state index contributed by atoms with van der Waals surface area (Å²) in [6.45, 7) is 1.36. The van der Waals surface area contributed by atoms with Gasteiger partial charge in [0.1, 0.15) is 31.5 Å². The Kier molecular flexibility index (Phi) is 7.98. The molecule has 2 N–H and O–H groups in total. The number of aliphatic hydroxyl groups excluding tert-OH is 1. The van der Waals surface area contributed by atoms with Crippen LogP contribution in [0.1, 0.15) is 18.4 Å². The van der Waals surface area contributed by atoms with Crippen LogP contribution in [0, 0.1) is 12.3 Å². The largest absolute Gasteiger partial charge is 0.487 e. The van der Waals surface area contributed by atoms with E-state index in [0.29, 0.717) is 62.0 Å². The summed E-state index contributed by atoms with van der Waals surface area (Å²) in [4.78, 5) is 22.3. The van der Waals surface area contributed by atoms with E-state index in [1.165, 1.54) is 6.33 Å². The van der Waals surface area contributed by atoms with Crippen molar-refractivity contribution in [1.82, 2.24) is 14.9 Å². The minimum absolute atomic E-state index is 0.103. The Morgan fingerprint density at radius 2 is 2.03 bits per heavy atom. The van der Waals surface area contributed by atoms with E-state index in [1.54, 1.807) is 12.0 Å². The topological polar surface area (TPSA) is 106 Å². The zero-order valence-electron chi connectivity index (χ0n) is 19.6. The van der Waals surface area contributed by atoms with E-state index < -0.39 is 6.61 Å². The van der Waals surface area contributed by atoms with Gasteiger partial charge in [0.25, 0.3) is 0 Å². The molecule has 1 aliphatic heterocycles. The third-order valence-corrected chi connectivity index (χ3v) is 5.76. The Bertz CT molecular complexity index is 1220. The number of benzene rings is 2. The third-order valence-electron chi connectivity index (χ3n) is 5.76. The van der Waals surface area contributed by atoms with Gasteiger partial charge in [0.05, 0.1) is 12.1 Å². The molecule has 0 saturated carbocycles. The normalized spacial score (nSPS) is 13.9. The van der Waals surface area contributed by atoms with Crippen molar-refractivity contribution in [2.24, 2.45) is 0 Å². The second-order valence-electron chi connectivity index (χ2n) is 8.09. The minimum Gasteiger partial charge on any atom is -0.487 e. The van der Waals surface area contributed by atoms with Crippen molar-refractivity contribution < 1.29 is 24.1 Å². The molecule has 1 amide bonds. The molecule has 35 heavy (non-hydrogen) atoms. The van der Waals surface area contributed by atoms with E-state index in [-0.39, 0.29) is 12.0 Å². The maximum Gasteiger partial charge on any atom is 0.248 e. The van der Waals surface area contributed by atoms with Crippen LogP contribution in [0.3, 0.4) is 0 Å². The molecule has 0 aliphatic carbocycles. The first-order valence-electron chi connectivity index (χ1n) is 11.4. The zero-order chi connectivity index (χ0) is 24.6. The molecule has 3 aromatic rings. The van der Waals surface area contributed by atoms with Crippen molar-refractivity contribution in [3.8, 4) is 23.8 Å². The summed E-state index contributed by atoms with van der Waals surface area (Å²) in [6.07, 6.45) is 8.22. The summed E-state index contributed by atoms with van der Waals surface area (Å²) in [5, 5.41) is 13.2. The lowest BCUT2D eigenvalue weighted by Crippen LogP contribution is -2.42. The number of hydrogen-bond donors (Lipinski definition) is 2. The molecule has 2 aromatic carbocycles. The average Bonchev–Trinajstić information content (AvgIpc) is 2.89. The molecule has 0 atom stereocenters. The molecule has 182 valence electrons. The molecule has 1 aromatic heterocycles. The Morgan fingerprint density at radius 3 is 2.77 bits per heavy atom. The van der Waals surface area contributed by atoms with Crippen molar-refractivity contribution in [3.63, 3.8) is 0 Å². The smallest absolute Gasteiger partial charge is 0.248 e. The van der Waals surface area contributed by atoms with Gasteiger partial charge in [0, 0.05) is 55.7 Å². The van der Waals surface area contributed by atoms with Gasteiger partial charge in [-0.1, -0.05) is 12.0 Å². The quantitative estimate of drug-likeness (QED) is 0.359. The van der Waals surface area contributed by atoms with Crippen molar-refractivity contribution >= 4 is 28.3 Å². The predicted octanol–water partition coefficient (Wildman–Crippen LogP) is 2.74. The van der Waals surface area contributed by atoms with E-state index in [4.69, 9.17) is 25.7 Å². The number of hydrogen-bond acceptors (Lipinski definition) is 8. The summed E-state index contributed by atoms with van der Waals surface area (Å²) in [7, 11) is 1.61. The van der Waals surface area contributed by atoms with Crippen molar-refractivity contribution in [3.05, 3.63) is 48.3 Å². The number of piperidine rings is 1. The first kappa shape index (κ1) is 24.3. The van der Waals surface area contributed by atoms with Crippen LogP contribution in [0.2, 0.25) is 0 Å². The lowest BCUT2D eigenvalue weighted by molar-refractivity contribution is -0.135. The molecule has 0 bridgehead atoms. The second-order valence-corrected chi connectivity index (χ2v) is 8.09. The second kappa shape index (κ2) is 11.5.